The predicted molar refractivity (Wildman–Crippen MR) is 110 cm³/mol. The lowest BCUT2D eigenvalue weighted by molar-refractivity contribution is -0.138. The summed E-state index contributed by atoms with van der Waals surface area (Å²) < 4.78 is 6.61. The van der Waals surface area contributed by atoms with Gasteiger partial charge in [0, 0.05) is 29.4 Å². The van der Waals surface area contributed by atoms with Gasteiger partial charge in [0.25, 0.3) is 5.91 Å². The summed E-state index contributed by atoms with van der Waals surface area (Å²) in [6, 6.07) is 8.33. The van der Waals surface area contributed by atoms with Crippen molar-refractivity contribution in [3.63, 3.8) is 0 Å². The van der Waals surface area contributed by atoms with E-state index >= 15 is 0 Å². The van der Waals surface area contributed by atoms with Crippen molar-refractivity contribution in [3.05, 3.63) is 57.0 Å². The quantitative estimate of drug-likeness (QED) is 0.698. The highest BCUT2D eigenvalue weighted by Crippen LogP contribution is 2.19. The number of aryl methyl sites for hydroxylation is 1. The number of rotatable bonds is 5. The number of carbonyl (C=O) groups is 2. The van der Waals surface area contributed by atoms with Crippen LogP contribution in [0.25, 0.3) is 5.69 Å². The Labute approximate surface area is 174 Å². The zero-order chi connectivity index (χ0) is 21.0. The van der Waals surface area contributed by atoms with Crippen molar-refractivity contribution < 1.29 is 14.3 Å². The van der Waals surface area contributed by atoms with E-state index in [0.717, 1.165) is 25.7 Å². The summed E-state index contributed by atoms with van der Waals surface area (Å²) in [6.45, 7) is 4.02. The molecule has 0 aliphatic carbocycles. The molecule has 0 spiro atoms. The van der Waals surface area contributed by atoms with E-state index < -0.39 is 18.0 Å². The molecule has 2 heterocycles. The van der Waals surface area contributed by atoms with Crippen molar-refractivity contribution in [2.45, 2.75) is 45.6 Å². The first-order valence-corrected chi connectivity index (χ1v) is 10.1. The fourth-order valence-corrected chi connectivity index (χ4v) is 3.69. The molecule has 1 amide bonds. The summed E-state index contributed by atoms with van der Waals surface area (Å²) in [6.07, 6.45) is 3.87. The lowest BCUT2D eigenvalue weighted by Gasteiger charge is -2.35. The molecule has 3 rings (SSSR count). The van der Waals surface area contributed by atoms with Crippen molar-refractivity contribution in [1.82, 2.24) is 14.7 Å². The van der Waals surface area contributed by atoms with Crippen LogP contribution in [0.5, 0.6) is 0 Å². The third kappa shape index (κ3) is 4.85. The number of esters is 1. The molecule has 8 heteroatoms. The summed E-state index contributed by atoms with van der Waals surface area (Å²) in [7, 11) is 0. The highest BCUT2D eigenvalue weighted by molar-refractivity contribution is 6.30. The molecule has 1 unspecified atom stereocenters. The van der Waals surface area contributed by atoms with Gasteiger partial charge in [-0.3, -0.25) is 9.59 Å². The van der Waals surface area contributed by atoms with E-state index in [1.165, 1.54) is 10.7 Å². The smallest absolute Gasteiger partial charge is 0.363 e. The number of carbonyl (C=O) groups excluding carboxylic acids is 2. The SMILES string of the molecule is CCC1CCCCN1C(=O)COC(=O)c1nn(-c2ccc(Cl)cc2)c(C)cc1=O. The third-order valence-corrected chi connectivity index (χ3v) is 5.37. The van der Waals surface area contributed by atoms with Gasteiger partial charge in [0.15, 0.2) is 6.61 Å². The van der Waals surface area contributed by atoms with E-state index in [-0.39, 0.29) is 17.6 Å². The van der Waals surface area contributed by atoms with Gasteiger partial charge in [-0.1, -0.05) is 18.5 Å². The zero-order valence-corrected chi connectivity index (χ0v) is 17.3. The van der Waals surface area contributed by atoms with Crippen LogP contribution < -0.4 is 5.43 Å². The highest BCUT2D eigenvalue weighted by Gasteiger charge is 2.26. The molecule has 1 aromatic carbocycles. The van der Waals surface area contributed by atoms with E-state index in [9.17, 15) is 14.4 Å². The van der Waals surface area contributed by atoms with Crippen LogP contribution in [-0.4, -0.2) is 45.8 Å². The Morgan fingerprint density at radius 1 is 1.24 bits per heavy atom. The standard InChI is InChI=1S/C21H24ClN3O4/c1-3-16-6-4-5-11-24(16)19(27)13-29-21(28)20-18(26)12-14(2)25(23-20)17-9-7-15(22)8-10-17/h7-10,12,16H,3-6,11,13H2,1-2H3. The molecule has 1 atom stereocenters. The lowest BCUT2D eigenvalue weighted by Crippen LogP contribution is -2.45. The van der Waals surface area contributed by atoms with Crippen molar-refractivity contribution in [3.8, 4) is 5.69 Å². The molecule has 29 heavy (non-hydrogen) atoms. The molecule has 2 aromatic rings. The average molecular weight is 418 g/mol. The van der Waals surface area contributed by atoms with Crippen LogP contribution in [-0.2, 0) is 9.53 Å². The van der Waals surface area contributed by atoms with Crippen LogP contribution in [0.3, 0.4) is 0 Å². The number of nitrogens with zero attached hydrogens (tertiary/aromatic N) is 3. The van der Waals surface area contributed by atoms with Gasteiger partial charge in [0.1, 0.15) is 0 Å². The molecule has 1 fully saturated rings. The lowest BCUT2D eigenvalue weighted by atomic mass is 10.00. The first kappa shape index (κ1) is 21.0. The van der Waals surface area contributed by atoms with Crippen molar-refractivity contribution in [2.75, 3.05) is 13.2 Å². The number of ether oxygens (including phenoxy) is 1. The maximum atomic E-state index is 12.5. The Hall–Kier alpha value is -2.67. The van der Waals surface area contributed by atoms with Crippen LogP contribution in [0.2, 0.25) is 5.02 Å². The van der Waals surface area contributed by atoms with E-state index in [1.807, 2.05) is 6.92 Å². The van der Waals surface area contributed by atoms with Gasteiger partial charge in [-0.05, 0) is 56.9 Å². The van der Waals surface area contributed by atoms with Crippen LogP contribution >= 0.6 is 11.6 Å². The van der Waals surface area contributed by atoms with Crippen LogP contribution in [0, 0.1) is 6.92 Å². The normalized spacial score (nSPS) is 16.5. The summed E-state index contributed by atoms with van der Waals surface area (Å²) >= 11 is 5.91. The maximum absolute atomic E-state index is 12.5. The van der Waals surface area contributed by atoms with Crippen LogP contribution in [0.1, 0.15) is 48.8 Å². The number of hydrogen-bond donors (Lipinski definition) is 0. The second kappa shape index (κ2) is 9.22. The van der Waals surface area contributed by atoms with E-state index in [0.29, 0.717) is 22.9 Å². The van der Waals surface area contributed by atoms with Gasteiger partial charge < -0.3 is 9.64 Å². The van der Waals surface area contributed by atoms with Crippen LogP contribution in [0.15, 0.2) is 35.1 Å². The van der Waals surface area contributed by atoms with Gasteiger partial charge in [0.05, 0.1) is 5.69 Å². The van der Waals surface area contributed by atoms with E-state index in [1.54, 1.807) is 36.1 Å². The Kier molecular flexibility index (Phi) is 6.69. The first-order valence-electron chi connectivity index (χ1n) is 9.74. The van der Waals surface area contributed by atoms with Gasteiger partial charge in [0.2, 0.25) is 11.1 Å². The van der Waals surface area contributed by atoms with Gasteiger partial charge in [-0.2, -0.15) is 5.10 Å². The molecule has 1 aliphatic heterocycles. The second-order valence-electron chi connectivity index (χ2n) is 7.11. The van der Waals surface area contributed by atoms with Gasteiger partial charge >= 0.3 is 5.97 Å². The highest BCUT2D eigenvalue weighted by atomic mass is 35.5. The van der Waals surface area contributed by atoms with Crippen molar-refractivity contribution >= 4 is 23.5 Å². The molecule has 0 N–H and O–H groups in total. The van der Waals surface area contributed by atoms with E-state index in [2.05, 4.69) is 5.10 Å². The van der Waals surface area contributed by atoms with Crippen LogP contribution in [0.4, 0.5) is 0 Å². The number of aromatic nitrogens is 2. The van der Waals surface area contributed by atoms with E-state index in [4.69, 9.17) is 16.3 Å². The minimum Gasteiger partial charge on any atom is -0.451 e. The second-order valence-corrected chi connectivity index (χ2v) is 7.54. The Bertz CT molecular complexity index is 955. The van der Waals surface area contributed by atoms with Crippen molar-refractivity contribution in [2.24, 2.45) is 0 Å². The minimum atomic E-state index is -0.906. The Morgan fingerprint density at radius 2 is 1.97 bits per heavy atom. The molecular weight excluding hydrogens is 394 g/mol. The van der Waals surface area contributed by atoms with Gasteiger partial charge in [-0.15, -0.1) is 0 Å². The summed E-state index contributed by atoms with van der Waals surface area (Å²) in [5, 5.41) is 4.72. The molecule has 1 aromatic heterocycles. The minimum absolute atomic E-state index is 0.176. The molecule has 7 nitrogen and oxygen atoms in total. The van der Waals surface area contributed by atoms with Crippen molar-refractivity contribution in [1.29, 1.82) is 0 Å². The maximum Gasteiger partial charge on any atom is 0.363 e. The molecular formula is C21H24ClN3O4. The predicted octanol–water partition coefficient (Wildman–Crippen LogP) is 3.14. The number of likely N-dealkylation sites (tertiary alicyclic amines) is 1. The van der Waals surface area contributed by atoms with Gasteiger partial charge in [-0.25, -0.2) is 9.48 Å². The number of amides is 1. The Morgan fingerprint density at radius 3 is 2.66 bits per heavy atom. The zero-order valence-electron chi connectivity index (χ0n) is 16.6. The third-order valence-electron chi connectivity index (χ3n) is 5.12. The first-order chi connectivity index (χ1) is 13.9. The average Bonchev–Trinajstić information content (AvgIpc) is 2.72. The Balaban J connectivity index is 1.75. The molecule has 1 saturated heterocycles. The largest absolute Gasteiger partial charge is 0.451 e. The number of halogens is 1. The number of hydrogen-bond acceptors (Lipinski definition) is 5. The topological polar surface area (TPSA) is 81.5 Å². The molecule has 154 valence electrons. The number of piperidine rings is 1. The summed E-state index contributed by atoms with van der Waals surface area (Å²) in [4.78, 5) is 39.0. The molecule has 0 radical (unpaired) electrons. The molecule has 0 bridgehead atoms. The fourth-order valence-electron chi connectivity index (χ4n) is 3.56. The number of benzene rings is 1. The summed E-state index contributed by atoms with van der Waals surface area (Å²) in [5.74, 6) is -1.15. The monoisotopic (exact) mass is 417 g/mol. The molecule has 1 aliphatic rings. The molecule has 0 saturated carbocycles. The summed E-state index contributed by atoms with van der Waals surface area (Å²) in [5.41, 5.74) is 0.304. The fraction of sp³-hybridized carbons (Fsp3) is 0.429.